The normalized spacial score (nSPS) is 22.5. The van der Waals surface area contributed by atoms with Gasteiger partial charge in [-0.15, -0.1) is 0 Å². The molecule has 1 fully saturated rings. The highest BCUT2D eigenvalue weighted by atomic mass is 16.3. The van der Waals surface area contributed by atoms with Crippen molar-refractivity contribution in [1.82, 2.24) is 5.32 Å². The fourth-order valence-corrected chi connectivity index (χ4v) is 2.06. The van der Waals surface area contributed by atoms with Gasteiger partial charge in [0.1, 0.15) is 0 Å². The average Bonchev–Trinajstić information content (AvgIpc) is 2.55. The molecule has 0 saturated carbocycles. The highest BCUT2D eigenvalue weighted by Crippen LogP contribution is 2.17. The highest BCUT2D eigenvalue weighted by Gasteiger charge is 2.19. The summed E-state index contributed by atoms with van der Waals surface area (Å²) in [5, 5.41) is 12.7. The zero-order valence-electron chi connectivity index (χ0n) is 8.89. The minimum absolute atomic E-state index is 0.204. The number of hydrogen-bond acceptors (Lipinski definition) is 3. The summed E-state index contributed by atoms with van der Waals surface area (Å²) >= 11 is 0. The molecule has 0 amide bonds. The van der Waals surface area contributed by atoms with Crippen LogP contribution in [0.15, 0.2) is 30.3 Å². The maximum atomic E-state index is 9.37. The van der Waals surface area contributed by atoms with Crippen molar-refractivity contribution in [2.24, 2.45) is 0 Å². The fraction of sp³-hybridized carbons (Fsp3) is 0.500. The topological polar surface area (TPSA) is 35.5 Å². The average molecular weight is 206 g/mol. The number of aliphatic hydroxyl groups is 1. The van der Waals surface area contributed by atoms with Crippen LogP contribution in [0, 0.1) is 0 Å². The molecule has 0 bridgehead atoms. The maximum Gasteiger partial charge on any atom is 0.0647 e. The van der Waals surface area contributed by atoms with Gasteiger partial charge in [0.05, 0.1) is 12.6 Å². The molecule has 82 valence electrons. The van der Waals surface area contributed by atoms with Crippen LogP contribution in [-0.2, 0) is 0 Å². The number of nitrogens with zero attached hydrogens (tertiary/aromatic N) is 1. The molecule has 3 nitrogen and oxygen atoms in total. The lowest BCUT2D eigenvalue weighted by Crippen LogP contribution is -2.42. The van der Waals surface area contributed by atoms with E-state index in [-0.39, 0.29) is 12.6 Å². The van der Waals surface area contributed by atoms with Crippen molar-refractivity contribution in [2.45, 2.75) is 12.5 Å². The van der Waals surface area contributed by atoms with Crippen molar-refractivity contribution >= 4 is 5.69 Å². The van der Waals surface area contributed by atoms with Crippen molar-refractivity contribution in [2.75, 3.05) is 31.1 Å². The zero-order valence-corrected chi connectivity index (χ0v) is 8.89. The molecule has 2 N–H and O–H groups in total. The molecule has 1 aromatic rings. The van der Waals surface area contributed by atoms with Gasteiger partial charge in [0.2, 0.25) is 0 Å². The molecule has 1 unspecified atom stereocenters. The second kappa shape index (κ2) is 5.14. The van der Waals surface area contributed by atoms with Gasteiger partial charge in [0, 0.05) is 18.8 Å². The van der Waals surface area contributed by atoms with Crippen molar-refractivity contribution in [1.29, 1.82) is 0 Å². The number of aliphatic hydroxyl groups excluding tert-OH is 1. The van der Waals surface area contributed by atoms with Gasteiger partial charge in [0.25, 0.3) is 0 Å². The first-order valence-corrected chi connectivity index (χ1v) is 5.55. The lowest BCUT2D eigenvalue weighted by Gasteiger charge is -2.30. The minimum atomic E-state index is 0.204. The van der Waals surface area contributed by atoms with Gasteiger partial charge in [0.15, 0.2) is 0 Å². The third kappa shape index (κ3) is 2.49. The molecule has 0 aromatic heterocycles. The van der Waals surface area contributed by atoms with Crippen LogP contribution in [0.4, 0.5) is 5.69 Å². The first-order valence-electron chi connectivity index (χ1n) is 5.55. The number of anilines is 1. The van der Waals surface area contributed by atoms with Crippen molar-refractivity contribution < 1.29 is 5.11 Å². The second-order valence-electron chi connectivity index (χ2n) is 3.92. The lowest BCUT2D eigenvalue weighted by atomic mass is 10.2. The van der Waals surface area contributed by atoms with E-state index in [4.69, 9.17) is 0 Å². The molecule has 1 atom stereocenters. The number of benzene rings is 1. The predicted molar refractivity (Wildman–Crippen MR) is 62.1 cm³/mol. The Balaban J connectivity index is 2.16. The van der Waals surface area contributed by atoms with E-state index in [1.54, 1.807) is 0 Å². The van der Waals surface area contributed by atoms with E-state index in [2.05, 4.69) is 22.3 Å². The smallest absolute Gasteiger partial charge is 0.0647 e. The summed E-state index contributed by atoms with van der Waals surface area (Å²) in [6.07, 6.45) is 1.13. The Kier molecular flexibility index (Phi) is 3.59. The van der Waals surface area contributed by atoms with Gasteiger partial charge in [-0.3, -0.25) is 0 Å². The summed E-state index contributed by atoms with van der Waals surface area (Å²) in [5.41, 5.74) is 1.21. The van der Waals surface area contributed by atoms with Gasteiger partial charge in [-0.25, -0.2) is 0 Å². The molecule has 1 aromatic carbocycles. The fourth-order valence-electron chi connectivity index (χ4n) is 2.06. The monoisotopic (exact) mass is 206 g/mol. The van der Waals surface area contributed by atoms with Crippen LogP contribution < -0.4 is 10.2 Å². The molecule has 2 rings (SSSR count). The van der Waals surface area contributed by atoms with Gasteiger partial charge >= 0.3 is 0 Å². The van der Waals surface area contributed by atoms with Crippen LogP contribution in [0.5, 0.6) is 0 Å². The van der Waals surface area contributed by atoms with Gasteiger partial charge in [-0.05, 0) is 25.1 Å². The molecule has 1 heterocycles. The highest BCUT2D eigenvalue weighted by molar-refractivity contribution is 5.47. The summed E-state index contributed by atoms with van der Waals surface area (Å²) in [7, 11) is 0. The van der Waals surface area contributed by atoms with Crippen molar-refractivity contribution in [3.63, 3.8) is 0 Å². The third-order valence-corrected chi connectivity index (χ3v) is 2.87. The number of para-hydroxylation sites is 1. The van der Waals surface area contributed by atoms with E-state index >= 15 is 0 Å². The standard InChI is InChI=1S/C12H18N2O/c15-10-12-9-13-7-4-8-14(12)11-5-2-1-3-6-11/h1-3,5-6,12-13,15H,4,7-10H2. The van der Waals surface area contributed by atoms with Crippen molar-refractivity contribution in [3.8, 4) is 0 Å². The number of hydrogen-bond donors (Lipinski definition) is 2. The summed E-state index contributed by atoms with van der Waals surface area (Å²) in [6.45, 7) is 3.13. The van der Waals surface area contributed by atoms with Crippen LogP contribution in [0.1, 0.15) is 6.42 Å². The van der Waals surface area contributed by atoms with E-state index in [1.165, 1.54) is 5.69 Å². The number of nitrogens with one attached hydrogen (secondary N) is 1. The van der Waals surface area contributed by atoms with Crippen LogP contribution in [-0.4, -0.2) is 37.4 Å². The Morgan fingerprint density at radius 2 is 2.13 bits per heavy atom. The molecular formula is C12H18N2O. The number of rotatable bonds is 2. The molecule has 1 aliphatic heterocycles. The SMILES string of the molecule is OCC1CNCCCN1c1ccccc1. The Labute approximate surface area is 90.7 Å². The van der Waals surface area contributed by atoms with Gasteiger partial charge in [-0.1, -0.05) is 18.2 Å². The predicted octanol–water partition coefficient (Wildman–Crippen LogP) is 0.847. The molecule has 15 heavy (non-hydrogen) atoms. The zero-order chi connectivity index (χ0) is 10.5. The molecular weight excluding hydrogens is 188 g/mol. The lowest BCUT2D eigenvalue weighted by molar-refractivity contribution is 0.260. The Bertz CT molecular complexity index is 289. The van der Waals surface area contributed by atoms with Crippen molar-refractivity contribution in [3.05, 3.63) is 30.3 Å². The van der Waals surface area contributed by atoms with Crippen LogP contribution >= 0.6 is 0 Å². The first-order chi connectivity index (χ1) is 7.42. The molecule has 1 saturated heterocycles. The Morgan fingerprint density at radius 3 is 2.87 bits per heavy atom. The third-order valence-electron chi connectivity index (χ3n) is 2.87. The molecule has 0 radical (unpaired) electrons. The van der Waals surface area contributed by atoms with E-state index in [1.807, 2.05) is 18.2 Å². The summed E-state index contributed by atoms with van der Waals surface area (Å²) in [5.74, 6) is 0. The summed E-state index contributed by atoms with van der Waals surface area (Å²) < 4.78 is 0. The van der Waals surface area contributed by atoms with Crippen LogP contribution in [0.2, 0.25) is 0 Å². The van der Waals surface area contributed by atoms with E-state index in [9.17, 15) is 5.11 Å². The first kappa shape index (κ1) is 10.5. The largest absolute Gasteiger partial charge is 0.394 e. The second-order valence-corrected chi connectivity index (χ2v) is 3.92. The quantitative estimate of drug-likeness (QED) is 0.753. The van der Waals surface area contributed by atoms with E-state index < -0.39 is 0 Å². The molecule has 0 spiro atoms. The van der Waals surface area contributed by atoms with E-state index in [0.29, 0.717) is 0 Å². The summed E-state index contributed by atoms with van der Waals surface area (Å²) in [4.78, 5) is 2.29. The van der Waals surface area contributed by atoms with Crippen LogP contribution in [0.25, 0.3) is 0 Å². The van der Waals surface area contributed by atoms with Crippen LogP contribution in [0.3, 0.4) is 0 Å². The Hall–Kier alpha value is -1.06. The molecule has 0 aliphatic carbocycles. The van der Waals surface area contributed by atoms with E-state index in [0.717, 1.165) is 26.1 Å². The molecule has 1 aliphatic rings. The van der Waals surface area contributed by atoms with Gasteiger partial charge < -0.3 is 15.3 Å². The Morgan fingerprint density at radius 1 is 1.33 bits per heavy atom. The van der Waals surface area contributed by atoms with Gasteiger partial charge in [-0.2, -0.15) is 0 Å². The summed E-state index contributed by atoms with van der Waals surface area (Å²) in [6, 6.07) is 10.5. The minimum Gasteiger partial charge on any atom is -0.394 e. The maximum absolute atomic E-state index is 9.37. The molecule has 3 heteroatoms.